The highest BCUT2D eigenvalue weighted by Crippen LogP contribution is 2.35. The quantitative estimate of drug-likeness (QED) is 0.933. The van der Waals surface area contributed by atoms with E-state index in [1.807, 2.05) is 24.3 Å². The van der Waals surface area contributed by atoms with Crippen LogP contribution in [0.3, 0.4) is 0 Å². The molecule has 1 aromatic heterocycles. The van der Waals surface area contributed by atoms with E-state index in [4.69, 9.17) is 10.5 Å². The molecule has 0 aliphatic carbocycles. The van der Waals surface area contributed by atoms with E-state index < -0.39 is 0 Å². The molecule has 0 radical (unpaired) electrons. The van der Waals surface area contributed by atoms with E-state index in [0.29, 0.717) is 0 Å². The average Bonchev–Trinajstić information content (AvgIpc) is 2.68. The van der Waals surface area contributed by atoms with Gasteiger partial charge in [0.15, 0.2) is 0 Å². The van der Waals surface area contributed by atoms with Crippen LogP contribution in [0.4, 0.5) is 0 Å². The number of benzene rings is 1. The van der Waals surface area contributed by atoms with Crippen molar-refractivity contribution in [1.82, 2.24) is 0 Å². The molecule has 0 saturated heterocycles. The smallest absolute Gasteiger partial charge is 0.124 e. The first-order valence-electron chi connectivity index (χ1n) is 5.27. The Morgan fingerprint density at radius 1 is 1.35 bits per heavy atom. The Morgan fingerprint density at radius 3 is 2.65 bits per heavy atom. The van der Waals surface area contributed by atoms with Crippen LogP contribution < -0.4 is 10.5 Å². The summed E-state index contributed by atoms with van der Waals surface area (Å²) in [7, 11) is 1.67. The van der Waals surface area contributed by atoms with E-state index in [2.05, 4.69) is 28.9 Å². The number of halogens is 1. The van der Waals surface area contributed by atoms with Crippen molar-refractivity contribution in [3.63, 3.8) is 0 Å². The molecule has 2 rings (SSSR count). The van der Waals surface area contributed by atoms with Crippen LogP contribution in [0.15, 0.2) is 34.1 Å². The van der Waals surface area contributed by atoms with Crippen molar-refractivity contribution in [2.75, 3.05) is 7.11 Å². The van der Waals surface area contributed by atoms with Gasteiger partial charge in [-0.2, -0.15) is 0 Å². The Bertz CT molecular complexity index is 504. The number of hydrogen-bond donors (Lipinski definition) is 1. The first-order chi connectivity index (χ1) is 8.13. The minimum Gasteiger partial charge on any atom is -0.496 e. The molecule has 90 valence electrons. The molecular weight excluding hydrogens is 298 g/mol. The second-order valence-corrected chi connectivity index (χ2v) is 6.23. The van der Waals surface area contributed by atoms with Crippen molar-refractivity contribution >= 4 is 27.3 Å². The lowest BCUT2D eigenvalue weighted by Crippen LogP contribution is -2.11. The molecule has 0 saturated carbocycles. The Morgan fingerprint density at radius 2 is 2.06 bits per heavy atom. The fourth-order valence-electron chi connectivity index (χ4n) is 1.71. The van der Waals surface area contributed by atoms with Gasteiger partial charge in [0, 0.05) is 10.4 Å². The Labute approximate surface area is 114 Å². The lowest BCUT2D eigenvalue weighted by Gasteiger charge is -2.13. The van der Waals surface area contributed by atoms with Crippen molar-refractivity contribution in [3.05, 3.63) is 50.1 Å². The van der Waals surface area contributed by atoms with Crippen molar-refractivity contribution in [3.8, 4) is 5.75 Å². The molecule has 0 bridgehead atoms. The SMILES string of the molecule is COc1ccccc1C(N)c1cc(C)c(Br)s1. The normalized spacial score (nSPS) is 12.5. The van der Waals surface area contributed by atoms with E-state index in [-0.39, 0.29) is 6.04 Å². The largest absolute Gasteiger partial charge is 0.496 e. The van der Waals surface area contributed by atoms with Crippen molar-refractivity contribution in [1.29, 1.82) is 0 Å². The van der Waals surface area contributed by atoms with Crippen LogP contribution in [-0.4, -0.2) is 7.11 Å². The molecule has 1 aromatic carbocycles. The summed E-state index contributed by atoms with van der Waals surface area (Å²) in [6.07, 6.45) is 0. The molecule has 1 unspecified atom stereocenters. The van der Waals surface area contributed by atoms with E-state index in [0.717, 1.165) is 20.0 Å². The summed E-state index contributed by atoms with van der Waals surface area (Å²) in [5.74, 6) is 0.835. The number of ether oxygens (including phenoxy) is 1. The highest BCUT2D eigenvalue weighted by molar-refractivity contribution is 9.11. The summed E-state index contributed by atoms with van der Waals surface area (Å²) < 4.78 is 6.47. The number of methoxy groups -OCH3 is 1. The van der Waals surface area contributed by atoms with Gasteiger partial charge in [-0.05, 0) is 40.5 Å². The van der Waals surface area contributed by atoms with E-state index in [1.165, 1.54) is 5.56 Å². The summed E-state index contributed by atoms with van der Waals surface area (Å²) in [6, 6.07) is 9.85. The van der Waals surface area contributed by atoms with Crippen LogP contribution in [0.25, 0.3) is 0 Å². The molecule has 0 aliphatic heterocycles. The van der Waals surface area contributed by atoms with Crippen LogP contribution in [-0.2, 0) is 0 Å². The molecule has 4 heteroatoms. The number of aryl methyl sites for hydroxylation is 1. The van der Waals surface area contributed by atoms with Crippen LogP contribution in [0.5, 0.6) is 5.75 Å². The van der Waals surface area contributed by atoms with Gasteiger partial charge >= 0.3 is 0 Å². The highest BCUT2D eigenvalue weighted by Gasteiger charge is 2.16. The first kappa shape index (κ1) is 12.6. The van der Waals surface area contributed by atoms with Gasteiger partial charge in [-0.15, -0.1) is 11.3 Å². The zero-order valence-electron chi connectivity index (χ0n) is 9.74. The molecule has 1 atom stereocenters. The second kappa shape index (κ2) is 5.21. The number of hydrogen-bond acceptors (Lipinski definition) is 3. The van der Waals surface area contributed by atoms with Gasteiger partial charge < -0.3 is 10.5 Å². The zero-order chi connectivity index (χ0) is 12.4. The number of nitrogens with two attached hydrogens (primary N) is 1. The van der Waals surface area contributed by atoms with Gasteiger partial charge in [-0.1, -0.05) is 18.2 Å². The summed E-state index contributed by atoms with van der Waals surface area (Å²) in [4.78, 5) is 1.14. The molecule has 2 N–H and O–H groups in total. The monoisotopic (exact) mass is 311 g/mol. The molecule has 0 amide bonds. The fraction of sp³-hybridized carbons (Fsp3) is 0.231. The minimum absolute atomic E-state index is 0.138. The Hall–Kier alpha value is -0.840. The summed E-state index contributed by atoms with van der Waals surface area (Å²) in [5.41, 5.74) is 8.52. The standard InChI is InChI=1S/C13H14BrNOS/c1-8-7-11(17-13(8)14)12(15)9-5-3-4-6-10(9)16-2/h3-7,12H,15H2,1-2H3. The van der Waals surface area contributed by atoms with E-state index in [9.17, 15) is 0 Å². The zero-order valence-corrected chi connectivity index (χ0v) is 12.1. The Kier molecular flexibility index (Phi) is 3.86. The maximum absolute atomic E-state index is 6.28. The predicted molar refractivity (Wildman–Crippen MR) is 75.8 cm³/mol. The van der Waals surface area contributed by atoms with E-state index >= 15 is 0 Å². The molecule has 0 aliphatic rings. The molecule has 1 heterocycles. The van der Waals surface area contributed by atoms with Gasteiger partial charge in [0.05, 0.1) is 16.9 Å². The third kappa shape index (κ3) is 2.54. The summed E-state index contributed by atoms with van der Waals surface area (Å²) in [5, 5.41) is 0. The third-order valence-electron chi connectivity index (χ3n) is 2.66. The average molecular weight is 312 g/mol. The Balaban J connectivity index is 2.39. The van der Waals surface area contributed by atoms with Crippen LogP contribution in [0, 0.1) is 6.92 Å². The number of para-hydroxylation sites is 1. The maximum Gasteiger partial charge on any atom is 0.124 e. The first-order valence-corrected chi connectivity index (χ1v) is 6.88. The van der Waals surface area contributed by atoms with Gasteiger partial charge in [-0.25, -0.2) is 0 Å². The molecular formula is C13H14BrNOS. The molecule has 17 heavy (non-hydrogen) atoms. The van der Waals surface area contributed by atoms with Gasteiger partial charge in [0.25, 0.3) is 0 Å². The molecule has 0 fully saturated rings. The van der Waals surface area contributed by atoms with Crippen LogP contribution in [0.2, 0.25) is 0 Å². The third-order valence-corrected chi connectivity index (χ3v) is 4.88. The fourth-order valence-corrected chi connectivity index (χ4v) is 3.31. The maximum atomic E-state index is 6.28. The second-order valence-electron chi connectivity index (χ2n) is 3.83. The lowest BCUT2D eigenvalue weighted by atomic mass is 10.0. The topological polar surface area (TPSA) is 35.2 Å². The minimum atomic E-state index is -0.138. The lowest BCUT2D eigenvalue weighted by molar-refractivity contribution is 0.408. The van der Waals surface area contributed by atoms with E-state index in [1.54, 1.807) is 18.4 Å². The van der Waals surface area contributed by atoms with Gasteiger partial charge in [-0.3, -0.25) is 0 Å². The van der Waals surface area contributed by atoms with Gasteiger partial charge in [0.2, 0.25) is 0 Å². The summed E-state index contributed by atoms with van der Waals surface area (Å²) in [6.45, 7) is 2.07. The predicted octanol–water partition coefficient (Wildman–Crippen LogP) is 3.88. The number of thiophene rings is 1. The van der Waals surface area contributed by atoms with Crippen molar-refractivity contribution in [2.24, 2.45) is 5.73 Å². The van der Waals surface area contributed by atoms with Gasteiger partial charge in [0.1, 0.15) is 5.75 Å². The van der Waals surface area contributed by atoms with Crippen molar-refractivity contribution < 1.29 is 4.74 Å². The van der Waals surface area contributed by atoms with Crippen molar-refractivity contribution in [2.45, 2.75) is 13.0 Å². The molecule has 2 aromatic rings. The van der Waals surface area contributed by atoms with Crippen LogP contribution in [0.1, 0.15) is 22.0 Å². The number of rotatable bonds is 3. The molecule has 0 spiro atoms. The van der Waals surface area contributed by atoms with Crippen LogP contribution >= 0.6 is 27.3 Å². The molecule has 2 nitrogen and oxygen atoms in total. The highest BCUT2D eigenvalue weighted by atomic mass is 79.9. The summed E-state index contributed by atoms with van der Waals surface area (Å²) >= 11 is 5.20.